The maximum absolute atomic E-state index is 12.4. The summed E-state index contributed by atoms with van der Waals surface area (Å²) in [6, 6.07) is 1.97. The Kier molecular flexibility index (Phi) is 4.12. The number of aliphatic imine (C=N–C) groups is 1. The van der Waals surface area contributed by atoms with Crippen LogP contribution in [-0.4, -0.2) is 16.6 Å². The molecule has 0 saturated heterocycles. The number of halogens is 4. The van der Waals surface area contributed by atoms with Crippen LogP contribution in [0.3, 0.4) is 0 Å². The van der Waals surface area contributed by atoms with Gasteiger partial charge < -0.3 is 5.73 Å². The quantitative estimate of drug-likeness (QED) is 0.304. The zero-order valence-electron chi connectivity index (χ0n) is 8.74. The summed E-state index contributed by atoms with van der Waals surface area (Å²) < 4.78 is 37.2. The third kappa shape index (κ3) is 3.33. The predicted octanol–water partition coefficient (Wildman–Crippen LogP) is 2.84. The summed E-state index contributed by atoms with van der Waals surface area (Å²) in [7, 11) is 0. The SMILES string of the molecule is NC(CCl)=Nc1ccc(C(F)(F)F)cc1[N+](=O)[O-]. The number of nitrogens with two attached hydrogens (primary N) is 1. The molecule has 2 N–H and O–H groups in total. The Morgan fingerprint density at radius 3 is 2.56 bits per heavy atom. The van der Waals surface area contributed by atoms with E-state index in [9.17, 15) is 23.3 Å². The van der Waals surface area contributed by atoms with Gasteiger partial charge in [-0.3, -0.25) is 10.1 Å². The van der Waals surface area contributed by atoms with Crippen molar-refractivity contribution in [3.8, 4) is 0 Å². The Balaban J connectivity index is 3.34. The van der Waals surface area contributed by atoms with Gasteiger partial charge in [0.05, 0.1) is 16.4 Å². The number of nitro groups is 1. The zero-order chi connectivity index (χ0) is 13.9. The van der Waals surface area contributed by atoms with E-state index in [1.54, 1.807) is 0 Å². The minimum Gasteiger partial charge on any atom is -0.386 e. The molecular formula is C9H7ClF3N3O2. The van der Waals surface area contributed by atoms with Crippen molar-refractivity contribution in [2.75, 3.05) is 5.88 Å². The first-order chi connectivity index (χ1) is 8.25. The van der Waals surface area contributed by atoms with Crippen molar-refractivity contribution in [2.45, 2.75) is 6.18 Å². The average molecular weight is 282 g/mol. The van der Waals surface area contributed by atoms with Crippen LogP contribution in [0.4, 0.5) is 24.5 Å². The molecule has 0 radical (unpaired) electrons. The summed E-state index contributed by atoms with van der Waals surface area (Å²) >= 11 is 5.33. The molecule has 0 saturated carbocycles. The molecule has 0 aromatic heterocycles. The smallest absolute Gasteiger partial charge is 0.386 e. The molecule has 18 heavy (non-hydrogen) atoms. The number of benzene rings is 1. The first-order valence-corrected chi connectivity index (χ1v) is 5.03. The molecule has 0 bridgehead atoms. The maximum atomic E-state index is 12.4. The van der Waals surface area contributed by atoms with E-state index in [-0.39, 0.29) is 17.4 Å². The Labute approximate surface area is 104 Å². The minimum absolute atomic E-state index is 0.125. The average Bonchev–Trinajstić information content (AvgIpc) is 2.27. The number of nitro benzene ring substituents is 1. The van der Waals surface area contributed by atoms with E-state index < -0.39 is 22.4 Å². The normalized spacial score (nSPS) is 12.6. The van der Waals surface area contributed by atoms with E-state index in [0.29, 0.717) is 12.1 Å². The van der Waals surface area contributed by atoms with Gasteiger partial charge >= 0.3 is 6.18 Å². The number of alkyl halides is 4. The van der Waals surface area contributed by atoms with Crippen LogP contribution in [0, 0.1) is 10.1 Å². The number of hydrogen-bond acceptors (Lipinski definition) is 3. The second-order valence-electron chi connectivity index (χ2n) is 3.20. The second kappa shape index (κ2) is 5.21. The van der Waals surface area contributed by atoms with Gasteiger partial charge in [-0.1, -0.05) is 0 Å². The van der Waals surface area contributed by atoms with E-state index in [2.05, 4.69) is 4.99 Å². The fourth-order valence-electron chi connectivity index (χ4n) is 1.13. The highest BCUT2D eigenvalue weighted by molar-refractivity contribution is 6.28. The van der Waals surface area contributed by atoms with Gasteiger partial charge in [0.2, 0.25) is 0 Å². The highest BCUT2D eigenvalue weighted by atomic mass is 35.5. The molecule has 0 atom stereocenters. The first-order valence-electron chi connectivity index (χ1n) is 4.50. The van der Waals surface area contributed by atoms with E-state index in [0.717, 1.165) is 6.07 Å². The molecule has 0 aliphatic heterocycles. The molecule has 1 aromatic carbocycles. The third-order valence-corrected chi connectivity index (χ3v) is 2.17. The fourth-order valence-corrected chi connectivity index (χ4v) is 1.18. The van der Waals surface area contributed by atoms with Gasteiger partial charge in [0.1, 0.15) is 11.5 Å². The summed E-state index contributed by atoms with van der Waals surface area (Å²) in [5.41, 5.74) is 3.09. The van der Waals surface area contributed by atoms with Gasteiger partial charge in [0.15, 0.2) is 0 Å². The summed E-state index contributed by atoms with van der Waals surface area (Å²) in [5.74, 6) is -0.308. The van der Waals surface area contributed by atoms with Crippen LogP contribution in [0.5, 0.6) is 0 Å². The Bertz CT molecular complexity index is 502. The van der Waals surface area contributed by atoms with Crippen LogP contribution in [0.2, 0.25) is 0 Å². The first kappa shape index (κ1) is 14.2. The maximum Gasteiger partial charge on any atom is 0.416 e. The van der Waals surface area contributed by atoms with Crippen LogP contribution in [0.25, 0.3) is 0 Å². The standard InChI is InChI=1S/C9H7ClF3N3O2/c10-4-8(14)15-6-2-1-5(9(11,12)13)3-7(6)16(17)18/h1-3H,4H2,(H2,14,15). The topological polar surface area (TPSA) is 81.5 Å². The van der Waals surface area contributed by atoms with Crippen LogP contribution in [-0.2, 0) is 6.18 Å². The molecule has 0 aliphatic rings. The largest absolute Gasteiger partial charge is 0.416 e. The van der Waals surface area contributed by atoms with Crippen molar-refractivity contribution in [1.82, 2.24) is 0 Å². The molecule has 0 amide bonds. The van der Waals surface area contributed by atoms with Crippen molar-refractivity contribution >= 4 is 28.8 Å². The van der Waals surface area contributed by atoms with Crippen LogP contribution < -0.4 is 5.73 Å². The van der Waals surface area contributed by atoms with E-state index >= 15 is 0 Å². The molecule has 0 heterocycles. The summed E-state index contributed by atoms with van der Waals surface area (Å²) in [4.78, 5) is 13.3. The molecule has 0 fully saturated rings. The highest BCUT2D eigenvalue weighted by Crippen LogP contribution is 2.36. The van der Waals surface area contributed by atoms with Crippen molar-refractivity contribution in [3.63, 3.8) is 0 Å². The summed E-state index contributed by atoms with van der Waals surface area (Å²) in [6.07, 6.45) is -4.66. The van der Waals surface area contributed by atoms with Crippen molar-refractivity contribution < 1.29 is 18.1 Å². The van der Waals surface area contributed by atoms with Crippen molar-refractivity contribution in [1.29, 1.82) is 0 Å². The Morgan fingerprint density at radius 1 is 1.50 bits per heavy atom. The third-order valence-electron chi connectivity index (χ3n) is 1.90. The number of amidine groups is 1. The molecule has 9 heteroatoms. The lowest BCUT2D eigenvalue weighted by molar-refractivity contribution is -0.384. The number of hydrogen-bond donors (Lipinski definition) is 1. The van der Waals surface area contributed by atoms with Crippen LogP contribution in [0.1, 0.15) is 5.56 Å². The molecule has 1 rings (SSSR count). The summed E-state index contributed by atoms with van der Waals surface area (Å²) in [6.45, 7) is 0. The van der Waals surface area contributed by atoms with Crippen molar-refractivity contribution in [3.05, 3.63) is 33.9 Å². The Morgan fingerprint density at radius 2 is 2.11 bits per heavy atom. The molecule has 0 unspecified atom stereocenters. The van der Waals surface area contributed by atoms with Gasteiger partial charge in [-0.15, -0.1) is 11.6 Å². The lowest BCUT2D eigenvalue weighted by Gasteiger charge is -2.07. The molecule has 5 nitrogen and oxygen atoms in total. The summed E-state index contributed by atoms with van der Waals surface area (Å²) in [5, 5.41) is 10.7. The minimum atomic E-state index is -4.66. The van der Waals surface area contributed by atoms with E-state index in [4.69, 9.17) is 17.3 Å². The van der Waals surface area contributed by atoms with Gasteiger partial charge in [-0.25, -0.2) is 4.99 Å². The van der Waals surface area contributed by atoms with Crippen molar-refractivity contribution in [2.24, 2.45) is 10.7 Å². The second-order valence-corrected chi connectivity index (χ2v) is 3.46. The molecule has 0 spiro atoms. The van der Waals surface area contributed by atoms with E-state index in [1.807, 2.05) is 0 Å². The monoisotopic (exact) mass is 281 g/mol. The molecule has 98 valence electrons. The van der Waals surface area contributed by atoms with Crippen LogP contribution in [0.15, 0.2) is 23.2 Å². The number of rotatable bonds is 3. The van der Waals surface area contributed by atoms with Gasteiger partial charge in [0, 0.05) is 6.07 Å². The number of nitrogens with zero attached hydrogens (tertiary/aromatic N) is 2. The zero-order valence-corrected chi connectivity index (χ0v) is 9.50. The molecule has 0 aliphatic carbocycles. The van der Waals surface area contributed by atoms with Gasteiger partial charge in [-0.2, -0.15) is 13.2 Å². The van der Waals surface area contributed by atoms with Crippen LogP contribution >= 0.6 is 11.6 Å². The molecule has 1 aromatic rings. The lowest BCUT2D eigenvalue weighted by Crippen LogP contribution is -2.12. The fraction of sp³-hybridized carbons (Fsp3) is 0.222. The lowest BCUT2D eigenvalue weighted by atomic mass is 10.1. The van der Waals surface area contributed by atoms with Gasteiger partial charge in [0.25, 0.3) is 5.69 Å². The highest BCUT2D eigenvalue weighted by Gasteiger charge is 2.33. The van der Waals surface area contributed by atoms with E-state index in [1.165, 1.54) is 0 Å². The predicted molar refractivity (Wildman–Crippen MR) is 60.1 cm³/mol. The Hall–Kier alpha value is -1.83. The van der Waals surface area contributed by atoms with Gasteiger partial charge in [-0.05, 0) is 12.1 Å². The molecular weight excluding hydrogens is 275 g/mol.